The van der Waals surface area contributed by atoms with Crippen LogP contribution in [0.15, 0.2) is 24.8 Å². The highest BCUT2D eigenvalue weighted by atomic mass is 16.6. The maximum Gasteiger partial charge on any atom is 0.413 e. The first-order valence-electron chi connectivity index (χ1n) is 7.28. The van der Waals surface area contributed by atoms with Gasteiger partial charge in [-0.1, -0.05) is 12.2 Å². The summed E-state index contributed by atoms with van der Waals surface area (Å²) in [6.07, 6.45) is 8.31. The molecule has 0 spiro atoms. The lowest BCUT2D eigenvalue weighted by Gasteiger charge is -2.34. The highest BCUT2D eigenvalue weighted by molar-refractivity contribution is 5.70. The van der Waals surface area contributed by atoms with Gasteiger partial charge in [0.25, 0.3) is 0 Å². The molecular formula is C16H23N3O3. The molecule has 22 heavy (non-hydrogen) atoms. The molecule has 0 N–H and O–H groups in total. The van der Waals surface area contributed by atoms with Crippen LogP contribution in [-0.2, 0) is 9.47 Å². The second-order valence-corrected chi connectivity index (χ2v) is 6.71. The maximum absolute atomic E-state index is 12.5. The molecule has 2 rings (SSSR count). The van der Waals surface area contributed by atoms with Crippen molar-refractivity contribution < 1.29 is 14.3 Å². The van der Waals surface area contributed by atoms with E-state index in [1.54, 1.807) is 17.3 Å². The van der Waals surface area contributed by atoms with E-state index in [9.17, 15) is 4.79 Å². The minimum atomic E-state index is -0.704. The lowest BCUT2D eigenvalue weighted by Crippen LogP contribution is -2.49. The second-order valence-electron chi connectivity index (χ2n) is 6.71. The van der Waals surface area contributed by atoms with Gasteiger partial charge in [0.1, 0.15) is 17.7 Å². The number of carbonyl (C=O) groups excluding carboxylic acids is 1. The van der Waals surface area contributed by atoms with Gasteiger partial charge < -0.3 is 9.47 Å². The molecule has 0 radical (unpaired) electrons. The first-order valence-corrected chi connectivity index (χ1v) is 7.28. The predicted molar refractivity (Wildman–Crippen MR) is 83.0 cm³/mol. The van der Waals surface area contributed by atoms with Gasteiger partial charge in [-0.15, -0.1) is 0 Å². The zero-order valence-electron chi connectivity index (χ0n) is 13.7. The normalized spacial score (nSPS) is 21.3. The number of amides is 1. The molecule has 0 aromatic carbocycles. The minimum Gasteiger partial charge on any atom is -0.444 e. The summed E-state index contributed by atoms with van der Waals surface area (Å²) in [4.78, 5) is 22.0. The summed E-state index contributed by atoms with van der Waals surface area (Å²) >= 11 is 0. The van der Waals surface area contributed by atoms with Crippen molar-refractivity contribution in [1.82, 2.24) is 14.9 Å². The van der Waals surface area contributed by atoms with Crippen molar-refractivity contribution in [3.63, 3.8) is 0 Å². The Hall–Kier alpha value is -1.95. The van der Waals surface area contributed by atoms with Gasteiger partial charge in [0.05, 0.1) is 12.6 Å². The van der Waals surface area contributed by atoms with Crippen LogP contribution in [-0.4, -0.2) is 44.9 Å². The van der Waals surface area contributed by atoms with Crippen LogP contribution in [0.4, 0.5) is 4.79 Å². The minimum absolute atomic E-state index is 0.190. The quantitative estimate of drug-likeness (QED) is 0.840. The Morgan fingerprint density at radius 3 is 2.64 bits per heavy atom. The van der Waals surface area contributed by atoms with Gasteiger partial charge in [0, 0.05) is 18.0 Å². The second kappa shape index (κ2) is 6.04. The molecule has 120 valence electrons. The third-order valence-corrected chi connectivity index (χ3v) is 3.20. The van der Waals surface area contributed by atoms with Crippen LogP contribution in [0.5, 0.6) is 0 Å². The molecule has 1 aromatic rings. The Labute approximate surface area is 131 Å². The fourth-order valence-corrected chi connectivity index (χ4v) is 2.26. The summed E-state index contributed by atoms with van der Waals surface area (Å²) in [5.41, 5.74) is -0.377. The summed E-state index contributed by atoms with van der Waals surface area (Å²) in [6, 6.07) is -0.190. The average Bonchev–Trinajstić information content (AvgIpc) is 2.71. The number of rotatable bonds is 2. The Bertz CT molecular complexity index is 550. The van der Waals surface area contributed by atoms with Gasteiger partial charge in [-0.05, 0) is 34.6 Å². The third kappa shape index (κ3) is 4.04. The molecule has 1 aromatic heterocycles. The summed E-state index contributed by atoms with van der Waals surface area (Å²) < 4.78 is 11.2. The lowest BCUT2D eigenvalue weighted by atomic mass is 10.1. The van der Waals surface area contributed by atoms with Crippen molar-refractivity contribution in [1.29, 1.82) is 0 Å². The number of carbonyl (C=O) groups is 1. The molecule has 1 fully saturated rings. The Balaban J connectivity index is 2.16. The van der Waals surface area contributed by atoms with Crippen LogP contribution in [0.3, 0.4) is 0 Å². The molecule has 1 saturated heterocycles. The van der Waals surface area contributed by atoms with E-state index in [0.29, 0.717) is 6.61 Å². The van der Waals surface area contributed by atoms with Gasteiger partial charge in [-0.2, -0.15) is 0 Å². The molecule has 2 heterocycles. The van der Waals surface area contributed by atoms with Gasteiger partial charge in [-0.25, -0.2) is 14.8 Å². The van der Waals surface area contributed by atoms with E-state index in [2.05, 4.69) is 9.97 Å². The van der Waals surface area contributed by atoms with Gasteiger partial charge in [0.15, 0.2) is 0 Å². The molecular weight excluding hydrogens is 282 g/mol. The van der Waals surface area contributed by atoms with Gasteiger partial charge >= 0.3 is 6.09 Å². The maximum atomic E-state index is 12.5. The third-order valence-electron chi connectivity index (χ3n) is 3.20. The lowest BCUT2D eigenvalue weighted by molar-refractivity contribution is -0.0610. The molecule has 1 aliphatic heterocycles. The zero-order valence-corrected chi connectivity index (χ0v) is 13.7. The van der Waals surface area contributed by atoms with Crippen LogP contribution < -0.4 is 0 Å². The monoisotopic (exact) mass is 305 g/mol. The smallest absolute Gasteiger partial charge is 0.413 e. The van der Waals surface area contributed by atoms with Crippen LogP contribution in [0, 0.1) is 0 Å². The van der Waals surface area contributed by atoms with Crippen molar-refractivity contribution in [3.8, 4) is 0 Å². The Morgan fingerprint density at radius 2 is 2.05 bits per heavy atom. The predicted octanol–water partition coefficient (Wildman–Crippen LogP) is 2.86. The summed E-state index contributed by atoms with van der Waals surface area (Å²) in [6.45, 7) is 9.69. The van der Waals surface area contributed by atoms with Crippen LogP contribution >= 0.6 is 0 Å². The molecule has 0 bridgehead atoms. The SMILES string of the molecule is CC(C)(C)OC(=O)N1[C@@H](/C=C/c2cncnc2)COC1(C)C. The molecule has 1 atom stereocenters. The van der Waals surface area contributed by atoms with Crippen molar-refractivity contribution in [3.05, 3.63) is 30.4 Å². The van der Waals surface area contributed by atoms with Crippen LogP contribution in [0.1, 0.15) is 40.2 Å². The van der Waals surface area contributed by atoms with E-state index in [0.717, 1.165) is 5.56 Å². The summed E-state index contributed by atoms with van der Waals surface area (Å²) in [5, 5.41) is 0. The number of ether oxygens (including phenoxy) is 2. The topological polar surface area (TPSA) is 64.5 Å². The standard InChI is InChI=1S/C16H23N3O3/c1-15(2,3)22-14(20)19-13(10-21-16(19,4)5)7-6-12-8-17-11-18-9-12/h6-9,11,13H,10H2,1-5H3/b7-6+/t13-/m0/s1. The van der Waals surface area contributed by atoms with E-state index >= 15 is 0 Å². The van der Waals surface area contributed by atoms with Crippen molar-refractivity contribution >= 4 is 12.2 Å². The number of aromatic nitrogens is 2. The summed E-state index contributed by atoms with van der Waals surface area (Å²) in [7, 11) is 0. The Kier molecular flexibility index (Phi) is 4.51. The molecule has 6 nitrogen and oxygen atoms in total. The molecule has 6 heteroatoms. The number of nitrogens with zero attached hydrogens (tertiary/aromatic N) is 3. The van der Waals surface area contributed by atoms with Crippen molar-refractivity contribution in [2.24, 2.45) is 0 Å². The average molecular weight is 305 g/mol. The van der Waals surface area contributed by atoms with E-state index < -0.39 is 11.3 Å². The molecule has 0 saturated carbocycles. The summed E-state index contributed by atoms with van der Waals surface area (Å²) in [5.74, 6) is 0. The number of hydrogen-bond donors (Lipinski definition) is 0. The number of hydrogen-bond acceptors (Lipinski definition) is 5. The fraction of sp³-hybridized carbons (Fsp3) is 0.562. The van der Waals surface area contributed by atoms with Crippen molar-refractivity contribution in [2.45, 2.75) is 52.0 Å². The largest absolute Gasteiger partial charge is 0.444 e. The van der Waals surface area contributed by atoms with Crippen LogP contribution in [0.2, 0.25) is 0 Å². The van der Waals surface area contributed by atoms with Crippen LogP contribution in [0.25, 0.3) is 6.08 Å². The van der Waals surface area contributed by atoms with E-state index in [1.165, 1.54) is 6.33 Å². The highest BCUT2D eigenvalue weighted by Gasteiger charge is 2.44. The van der Waals surface area contributed by atoms with Gasteiger partial charge in [0.2, 0.25) is 0 Å². The molecule has 1 aliphatic rings. The van der Waals surface area contributed by atoms with E-state index in [-0.39, 0.29) is 12.1 Å². The zero-order chi connectivity index (χ0) is 16.4. The van der Waals surface area contributed by atoms with E-state index in [4.69, 9.17) is 9.47 Å². The molecule has 0 aliphatic carbocycles. The molecule has 0 unspecified atom stereocenters. The van der Waals surface area contributed by atoms with E-state index in [1.807, 2.05) is 46.8 Å². The van der Waals surface area contributed by atoms with Crippen molar-refractivity contribution in [2.75, 3.05) is 6.61 Å². The van der Waals surface area contributed by atoms with Gasteiger partial charge in [-0.3, -0.25) is 4.90 Å². The Morgan fingerprint density at radius 1 is 1.41 bits per heavy atom. The molecule has 1 amide bonds. The first-order chi connectivity index (χ1) is 10.2. The first kappa shape index (κ1) is 16.4. The highest BCUT2D eigenvalue weighted by Crippen LogP contribution is 2.30. The fourth-order valence-electron chi connectivity index (χ4n) is 2.26.